The molecular weight excluding hydrogens is 338 g/mol. The number of ether oxygens (including phenoxy) is 2. The Hall–Kier alpha value is -1.27. The number of alkyl carbamates (subject to hydrolysis) is 1. The Labute approximate surface area is 132 Å². The maximum absolute atomic E-state index is 11.6. The zero-order valence-electron chi connectivity index (χ0n) is 12.4. The van der Waals surface area contributed by atoms with Gasteiger partial charge in [-0.1, -0.05) is 15.9 Å². The van der Waals surface area contributed by atoms with E-state index in [1.807, 2.05) is 39.0 Å². The van der Waals surface area contributed by atoms with Gasteiger partial charge in [0.05, 0.1) is 12.6 Å². The summed E-state index contributed by atoms with van der Waals surface area (Å²) in [7, 11) is 0. The van der Waals surface area contributed by atoms with Crippen molar-refractivity contribution in [1.82, 2.24) is 5.32 Å². The van der Waals surface area contributed by atoms with Gasteiger partial charge in [-0.15, -0.1) is 0 Å². The van der Waals surface area contributed by atoms with Gasteiger partial charge in [-0.2, -0.15) is 0 Å². The van der Waals surface area contributed by atoms with Crippen LogP contribution in [0.4, 0.5) is 4.79 Å². The Morgan fingerprint density at radius 2 is 2.24 bits per heavy atom. The molecule has 2 unspecified atom stereocenters. The van der Waals surface area contributed by atoms with Crippen molar-refractivity contribution in [3.05, 3.63) is 28.2 Å². The number of hydrogen-bond donors (Lipinski definition) is 2. The standard InChI is InChI=1S/C15H20BrNO4/c1-15(2,3)21-14(19)17-8-10-7-12(18)11-6-9(16)4-5-13(11)20-10/h4-6,10,12,18H,7-8H2,1-3H3,(H,17,19). The van der Waals surface area contributed by atoms with E-state index in [1.54, 1.807) is 0 Å². The number of rotatable bonds is 2. The SMILES string of the molecule is CC(C)(C)OC(=O)NCC1CC(O)c2cc(Br)ccc2O1. The third-order valence-electron chi connectivity index (χ3n) is 2.98. The number of amides is 1. The molecule has 1 aliphatic rings. The molecule has 1 aromatic rings. The van der Waals surface area contributed by atoms with Crippen molar-refractivity contribution < 1.29 is 19.4 Å². The van der Waals surface area contributed by atoms with Gasteiger partial charge in [0.1, 0.15) is 17.5 Å². The van der Waals surface area contributed by atoms with Crippen LogP contribution < -0.4 is 10.1 Å². The number of hydrogen-bond acceptors (Lipinski definition) is 4. The topological polar surface area (TPSA) is 67.8 Å². The molecule has 0 saturated carbocycles. The zero-order chi connectivity index (χ0) is 15.6. The van der Waals surface area contributed by atoms with Crippen molar-refractivity contribution in [2.24, 2.45) is 0 Å². The lowest BCUT2D eigenvalue weighted by Crippen LogP contribution is -2.40. The van der Waals surface area contributed by atoms with E-state index in [4.69, 9.17) is 9.47 Å². The predicted molar refractivity (Wildman–Crippen MR) is 82.4 cm³/mol. The minimum atomic E-state index is -0.600. The van der Waals surface area contributed by atoms with Crippen LogP contribution in [0.1, 0.15) is 38.9 Å². The van der Waals surface area contributed by atoms with Gasteiger partial charge < -0.3 is 19.9 Å². The van der Waals surface area contributed by atoms with Gasteiger partial charge in [0.25, 0.3) is 0 Å². The average Bonchev–Trinajstić information content (AvgIpc) is 2.35. The Kier molecular flexibility index (Phi) is 4.78. The molecule has 1 heterocycles. The Morgan fingerprint density at radius 3 is 2.90 bits per heavy atom. The second kappa shape index (κ2) is 6.23. The summed E-state index contributed by atoms with van der Waals surface area (Å²) in [5, 5.41) is 12.8. The largest absolute Gasteiger partial charge is 0.488 e. The molecule has 0 aromatic heterocycles. The summed E-state index contributed by atoms with van der Waals surface area (Å²) in [6, 6.07) is 5.51. The van der Waals surface area contributed by atoms with Crippen molar-refractivity contribution in [1.29, 1.82) is 0 Å². The molecule has 2 N–H and O–H groups in total. The summed E-state index contributed by atoms with van der Waals surface area (Å²) >= 11 is 3.37. The maximum Gasteiger partial charge on any atom is 0.407 e. The zero-order valence-corrected chi connectivity index (χ0v) is 13.9. The van der Waals surface area contributed by atoms with Gasteiger partial charge >= 0.3 is 6.09 Å². The summed E-state index contributed by atoms with van der Waals surface area (Å²) in [6.07, 6.45) is -0.931. The normalized spacial score (nSPS) is 21.2. The van der Waals surface area contributed by atoms with Gasteiger partial charge in [-0.25, -0.2) is 4.79 Å². The van der Waals surface area contributed by atoms with Crippen LogP contribution in [0.5, 0.6) is 5.75 Å². The molecule has 2 rings (SSSR count). The van der Waals surface area contributed by atoms with Crippen LogP contribution in [0.3, 0.4) is 0 Å². The van der Waals surface area contributed by atoms with Crippen molar-refractivity contribution in [2.75, 3.05) is 6.54 Å². The minimum Gasteiger partial charge on any atom is -0.488 e. The highest BCUT2D eigenvalue weighted by atomic mass is 79.9. The highest BCUT2D eigenvalue weighted by molar-refractivity contribution is 9.10. The molecule has 0 fully saturated rings. The molecule has 1 aliphatic heterocycles. The highest BCUT2D eigenvalue weighted by Gasteiger charge is 2.27. The van der Waals surface area contributed by atoms with E-state index < -0.39 is 17.8 Å². The third kappa shape index (κ3) is 4.61. The molecule has 0 aliphatic carbocycles. The summed E-state index contributed by atoms with van der Waals surface area (Å²) < 4.78 is 11.9. The van der Waals surface area contributed by atoms with Crippen LogP contribution in [0.25, 0.3) is 0 Å². The summed E-state index contributed by atoms with van der Waals surface area (Å²) in [6.45, 7) is 5.71. The number of aliphatic hydroxyl groups is 1. The molecule has 0 bridgehead atoms. The summed E-state index contributed by atoms with van der Waals surface area (Å²) in [5.74, 6) is 0.646. The van der Waals surface area contributed by atoms with Crippen molar-refractivity contribution >= 4 is 22.0 Å². The lowest BCUT2D eigenvalue weighted by atomic mass is 9.99. The molecule has 0 saturated heterocycles. The van der Waals surface area contributed by atoms with E-state index >= 15 is 0 Å². The summed E-state index contributed by atoms with van der Waals surface area (Å²) in [5.41, 5.74) is 0.230. The monoisotopic (exact) mass is 357 g/mol. The fraction of sp³-hybridized carbons (Fsp3) is 0.533. The molecule has 5 nitrogen and oxygen atoms in total. The van der Waals surface area contributed by atoms with Gasteiger partial charge in [-0.05, 0) is 39.0 Å². The average molecular weight is 358 g/mol. The molecule has 116 valence electrons. The van der Waals surface area contributed by atoms with E-state index in [9.17, 15) is 9.90 Å². The number of aliphatic hydroxyl groups excluding tert-OH is 1. The third-order valence-corrected chi connectivity index (χ3v) is 3.48. The van der Waals surface area contributed by atoms with E-state index in [0.29, 0.717) is 18.7 Å². The lowest BCUT2D eigenvalue weighted by molar-refractivity contribution is 0.0416. The first-order valence-corrected chi connectivity index (χ1v) is 7.65. The van der Waals surface area contributed by atoms with Crippen molar-refractivity contribution in [3.8, 4) is 5.75 Å². The smallest absolute Gasteiger partial charge is 0.407 e. The number of nitrogens with one attached hydrogen (secondary N) is 1. The van der Waals surface area contributed by atoms with Crippen LogP contribution in [0, 0.1) is 0 Å². The Morgan fingerprint density at radius 1 is 1.52 bits per heavy atom. The number of benzene rings is 1. The maximum atomic E-state index is 11.6. The first-order valence-electron chi connectivity index (χ1n) is 6.85. The number of carbonyl (C=O) groups is 1. The van der Waals surface area contributed by atoms with Gasteiger partial charge in [-0.3, -0.25) is 0 Å². The first kappa shape index (κ1) is 16.1. The van der Waals surface area contributed by atoms with Crippen LogP contribution in [-0.2, 0) is 4.74 Å². The molecular formula is C15H20BrNO4. The van der Waals surface area contributed by atoms with Crippen LogP contribution in [-0.4, -0.2) is 29.4 Å². The molecule has 1 aromatic carbocycles. The van der Waals surface area contributed by atoms with Crippen LogP contribution in [0.2, 0.25) is 0 Å². The Bertz CT molecular complexity index is 527. The van der Waals surface area contributed by atoms with E-state index in [1.165, 1.54) is 0 Å². The second-order valence-electron chi connectivity index (χ2n) is 6.06. The second-order valence-corrected chi connectivity index (χ2v) is 6.97. The van der Waals surface area contributed by atoms with Gasteiger partial charge in [0.2, 0.25) is 0 Å². The minimum absolute atomic E-state index is 0.277. The van der Waals surface area contributed by atoms with Crippen LogP contribution in [0.15, 0.2) is 22.7 Å². The van der Waals surface area contributed by atoms with Gasteiger partial charge in [0.15, 0.2) is 0 Å². The number of fused-ring (bicyclic) bond motifs is 1. The molecule has 0 radical (unpaired) electrons. The molecule has 21 heavy (non-hydrogen) atoms. The predicted octanol–water partition coefficient (Wildman–Crippen LogP) is 3.16. The van der Waals surface area contributed by atoms with Crippen LogP contribution >= 0.6 is 15.9 Å². The van der Waals surface area contributed by atoms with E-state index in [-0.39, 0.29) is 6.10 Å². The van der Waals surface area contributed by atoms with E-state index in [2.05, 4.69) is 21.2 Å². The fourth-order valence-electron chi connectivity index (χ4n) is 2.13. The molecule has 0 spiro atoms. The van der Waals surface area contributed by atoms with Gasteiger partial charge in [0, 0.05) is 16.5 Å². The van der Waals surface area contributed by atoms with Crippen molar-refractivity contribution in [2.45, 2.75) is 45.0 Å². The highest BCUT2D eigenvalue weighted by Crippen LogP contribution is 2.36. The van der Waals surface area contributed by atoms with Crippen molar-refractivity contribution in [3.63, 3.8) is 0 Å². The Balaban J connectivity index is 1.93. The lowest BCUT2D eigenvalue weighted by Gasteiger charge is -2.30. The molecule has 1 amide bonds. The molecule has 6 heteroatoms. The summed E-state index contributed by atoms with van der Waals surface area (Å²) in [4.78, 5) is 11.6. The first-order chi connectivity index (χ1) is 9.74. The quantitative estimate of drug-likeness (QED) is 0.852. The van der Waals surface area contributed by atoms with E-state index in [0.717, 1.165) is 10.0 Å². The number of halogens is 1. The number of carbonyl (C=O) groups excluding carboxylic acids is 1. The molecule has 2 atom stereocenters. The fourth-order valence-corrected chi connectivity index (χ4v) is 2.51.